The molecule has 0 aliphatic rings. The first-order valence-corrected chi connectivity index (χ1v) is 7.99. The first-order chi connectivity index (χ1) is 10.3. The van der Waals surface area contributed by atoms with Gasteiger partial charge in [0.15, 0.2) is 11.5 Å². The summed E-state index contributed by atoms with van der Waals surface area (Å²) in [4.78, 5) is 12.5. The number of hydrogen-bond donors (Lipinski definition) is 0. The van der Waals surface area contributed by atoms with Crippen molar-refractivity contribution in [2.75, 3.05) is 13.4 Å². The zero-order chi connectivity index (χ0) is 16.3. The molecule has 0 radical (unpaired) electrons. The lowest BCUT2D eigenvalue weighted by Crippen LogP contribution is -2.11. The van der Waals surface area contributed by atoms with E-state index in [1.54, 1.807) is 0 Å². The second-order valence-corrected chi connectivity index (χ2v) is 6.06. The molecule has 0 saturated heterocycles. The summed E-state index contributed by atoms with van der Waals surface area (Å²) in [6, 6.07) is 9.07. The van der Waals surface area contributed by atoms with Crippen molar-refractivity contribution in [1.82, 2.24) is 0 Å². The minimum atomic E-state index is -3.79. The van der Waals surface area contributed by atoms with Gasteiger partial charge in [-0.05, 0) is 42.5 Å². The van der Waals surface area contributed by atoms with Gasteiger partial charge in [0.05, 0.1) is 18.9 Å². The van der Waals surface area contributed by atoms with Crippen molar-refractivity contribution in [2.24, 2.45) is 0 Å². The molecule has 0 bridgehead atoms. The van der Waals surface area contributed by atoms with Crippen molar-refractivity contribution >= 4 is 15.9 Å². The lowest BCUT2D eigenvalue weighted by molar-refractivity contribution is 0.103. The number of hydrogen-bond acceptors (Lipinski definition) is 5. The Balaban J connectivity index is 2.50. The number of ketones is 1. The van der Waals surface area contributed by atoms with E-state index in [-0.39, 0.29) is 16.9 Å². The average molecular weight is 324 g/mol. The summed E-state index contributed by atoms with van der Waals surface area (Å²) < 4.78 is 45.4. The largest absolute Gasteiger partial charge is 0.497 e. The van der Waals surface area contributed by atoms with Gasteiger partial charge >= 0.3 is 10.1 Å². The van der Waals surface area contributed by atoms with Crippen LogP contribution in [-0.4, -0.2) is 27.6 Å². The Kier molecular flexibility index (Phi) is 4.46. The highest BCUT2D eigenvalue weighted by Gasteiger charge is 2.19. The van der Waals surface area contributed by atoms with Crippen molar-refractivity contribution in [1.29, 1.82) is 0 Å². The molecule has 5 nitrogen and oxygen atoms in total. The van der Waals surface area contributed by atoms with Crippen molar-refractivity contribution in [3.8, 4) is 11.5 Å². The Hall–Kier alpha value is -2.41. The van der Waals surface area contributed by atoms with Gasteiger partial charge in [-0.15, -0.1) is 0 Å². The van der Waals surface area contributed by atoms with E-state index < -0.39 is 21.7 Å². The van der Waals surface area contributed by atoms with Gasteiger partial charge in [-0.3, -0.25) is 4.79 Å². The molecule has 0 atom stereocenters. The summed E-state index contributed by atoms with van der Waals surface area (Å²) in [6.45, 7) is 0. The predicted octanol–water partition coefficient (Wildman–Crippen LogP) is 2.40. The van der Waals surface area contributed by atoms with Crippen LogP contribution in [0.2, 0.25) is 0 Å². The zero-order valence-electron chi connectivity index (χ0n) is 11.9. The van der Waals surface area contributed by atoms with Gasteiger partial charge in [0.1, 0.15) is 11.6 Å². The Labute approximate surface area is 127 Å². The molecular formula is C15H13FO5S. The molecule has 116 valence electrons. The summed E-state index contributed by atoms with van der Waals surface area (Å²) in [5, 5.41) is 0. The van der Waals surface area contributed by atoms with E-state index in [9.17, 15) is 17.6 Å². The number of carbonyl (C=O) groups is 1. The first kappa shape index (κ1) is 16.0. The van der Waals surface area contributed by atoms with Gasteiger partial charge in [0.25, 0.3) is 0 Å². The van der Waals surface area contributed by atoms with Crippen LogP contribution < -0.4 is 8.92 Å². The van der Waals surface area contributed by atoms with Crippen LogP contribution >= 0.6 is 0 Å². The van der Waals surface area contributed by atoms with E-state index in [0.717, 1.165) is 18.4 Å². The van der Waals surface area contributed by atoms with Gasteiger partial charge in [0, 0.05) is 5.56 Å². The van der Waals surface area contributed by atoms with Crippen molar-refractivity contribution in [2.45, 2.75) is 0 Å². The van der Waals surface area contributed by atoms with Gasteiger partial charge in [-0.2, -0.15) is 8.42 Å². The van der Waals surface area contributed by atoms with Crippen LogP contribution in [0.15, 0.2) is 42.5 Å². The van der Waals surface area contributed by atoms with Gasteiger partial charge in [-0.25, -0.2) is 4.39 Å². The van der Waals surface area contributed by atoms with Crippen LogP contribution in [-0.2, 0) is 10.1 Å². The molecule has 0 aromatic heterocycles. The summed E-state index contributed by atoms with van der Waals surface area (Å²) >= 11 is 0. The number of ether oxygens (including phenoxy) is 1. The molecule has 2 aromatic rings. The third-order valence-electron chi connectivity index (χ3n) is 2.78. The minimum absolute atomic E-state index is 0.0105. The smallest absolute Gasteiger partial charge is 0.306 e. The molecular weight excluding hydrogens is 311 g/mol. The molecule has 0 fully saturated rings. The maximum atomic E-state index is 12.9. The minimum Gasteiger partial charge on any atom is -0.497 e. The average Bonchev–Trinajstić information content (AvgIpc) is 2.46. The lowest BCUT2D eigenvalue weighted by Gasteiger charge is -2.10. The number of rotatable bonds is 5. The number of methoxy groups -OCH3 is 1. The monoisotopic (exact) mass is 324 g/mol. The van der Waals surface area contributed by atoms with E-state index in [4.69, 9.17) is 8.92 Å². The van der Waals surface area contributed by atoms with E-state index in [1.165, 1.54) is 37.4 Å². The molecule has 2 rings (SSSR count). The van der Waals surface area contributed by atoms with Crippen LogP contribution in [0.25, 0.3) is 0 Å². The van der Waals surface area contributed by atoms with Crippen molar-refractivity contribution in [3.05, 3.63) is 59.4 Å². The molecule has 0 unspecified atom stereocenters. The highest BCUT2D eigenvalue weighted by Crippen LogP contribution is 2.27. The predicted molar refractivity (Wildman–Crippen MR) is 78.3 cm³/mol. The summed E-state index contributed by atoms with van der Waals surface area (Å²) in [5.41, 5.74) is 0.212. The maximum Gasteiger partial charge on any atom is 0.306 e. The van der Waals surface area contributed by atoms with Crippen LogP contribution in [0.3, 0.4) is 0 Å². The number of carbonyl (C=O) groups excluding carboxylic acids is 1. The molecule has 22 heavy (non-hydrogen) atoms. The van der Waals surface area contributed by atoms with Crippen LogP contribution in [0.4, 0.5) is 4.39 Å². The van der Waals surface area contributed by atoms with Crippen LogP contribution in [0, 0.1) is 5.82 Å². The van der Waals surface area contributed by atoms with E-state index >= 15 is 0 Å². The Bertz CT molecular complexity index is 797. The Morgan fingerprint density at radius 2 is 1.73 bits per heavy atom. The summed E-state index contributed by atoms with van der Waals surface area (Å²) in [6.07, 6.45) is 0.878. The highest BCUT2D eigenvalue weighted by molar-refractivity contribution is 7.86. The zero-order valence-corrected chi connectivity index (χ0v) is 12.7. The topological polar surface area (TPSA) is 69.7 Å². The second kappa shape index (κ2) is 6.15. The summed E-state index contributed by atoms with van der Waals surface area (Å²) in [7, 11) is -2.38. The second-order valence-electron chi connectivity index (χ2n) is 4.49. The Morgan fingerprint density at radius 1 is 1.09 bits per heavy atom. The number of benzene rings is 2. The third-order valence-corrected chi connectivity index (χ3v) is 3.26. The molecule has 2 aromatic carbocycles. The van der Waals surface area contributed by atoms with Crippen molar-refractivity contribution < 1.29 is 26.5 Å². The molecule has 0 N–H and O–H groups in total. The number of halogens is 1. The fourth-order valence-electron chi connectivity index (χ4n) is 1.81. The molecule has 0 amide bonds. The molecule has 7 heteroatoms. The lowest BCUT2D eigenvalue weighted by atomic mass is 10.0. The quantitative estimate of drug-likeness (QED) is 0.624. The molecule has 0 heterocycles. The molecule has 0 saturated carbocycles. The van der Waals surface area contributed by atoms with E-state index in [0.29, 0.717) is 5.75 Å². The Morgan fingerprint density at radius 3 is 2.27 bits per heavy atom. The standard InChI is InChI=1S/C15H13FO5S/c1-20-12-7-8-14(21-22(2,18)19)13(9-12)15(17)10-3-5-11(16)6-4-10/h3-9H,1-2H3. The maximum absolute atomic E-state index is 12.9. The van der Waals surface area contributed by atoms with E-state index in [2.05, 4.69) is 0 Å². The highest BCUT2D eigenvalue weighted by atomic mass is 32.2. The van der Waals surface area contributed by atoms with Gasteiger partial charge < -0.3 is 8.92 Å². The summed E-state index contributed by atoms with van der Waals surface area (Å²) in [5.74, 6) is -0.726. The van der Waals surface area contributed by atoms with Gasteiger partial charge in [0.2, 0.25) is 0 Å². The fourth-order valence-corrected chi connectivity index (χ4v) is 2.28. The first-order valence-electron chi connectivity index (χ1n) is 6.18. The third kappa shape index (κ3) is 3.82. The normalized spacial score (nSPS) is 11.0. The van der Waals surface area contributed by atoms with Crippen molar-refractivity contribution in [3.63, 3.8) is 0 Å². The molecule has 0 spiro atoms. The molecule has 0 aliphatic heterocycles. The fraction of sp³-hybridized carbons (Fsp3) is 0.133. The van der Waals surface area contributed by atoms with E-state index in [1.807, 2.05) is 0 Å². The van der Waals surface area contributed by atoms with Gasteiger partial charge in [-0.1, -0.05) is 0 Å². The van der Waals surface area contributed by atoms with Crippen LogP contribution in [0.5, 0.6) is 11.5 Å². The van der Waals surface area contributed by atoms with Crippen LogP contribution in [0.1, 0.15) is 15.9 Å². The SMILES string of the molecule is COc1ccc(OS(C)(=O)=O)c(C(=O)c2ccc(F)cc2)c1. The molecule has 0 aliphatic carbocycles.